The van der Waals surface area contributed by atoms with Crippen LogP contribution in [0.1, 0.15) is 43.6 Å². The second-order valence-corrected chi connectivity index (χ2v) is 7.77. The number of ether oxygens (including phenoxy) is 1. The van der Waals surface area contributed by atoms with Gasteiger partial charge in [0.1, 0.15) is 18.7 Å². The zero-order chi connectivity index (χ0) is 25.0. The highest BCUT2D eigenvalue weighted by atomic mass is 19.4. The quantitative estimate of drug-likeness (QED) is 0.606. The summed E-state index contributed by atoms with van der Waals surface area (Å²) >= 11 is 0. The molecule has 0 aliphatic rings. The number of hydrogen-bond donors (Lipinski definition) is 1. The van der Waals surface area contributed by atoms with Crippen LogP contribution in [0, 0.1) is 11.3 Å². The van der Waals surface area contributed by atoms with E-state index in [1.165, 1.54) is 6.07 Å². The Morgan fingerprint density at radius 2 is 1.88 bits per heavy atom. The summed E-state index contributed by atoms with van der Waals surface area (Å²) in [7, 11) is 0. The third-order valence-electron chi connectivity index (χ3n) is 3.79. The van der Waals surface area contributed by atoms with Gasteiger partial charge in [-0.15, -0.1) is 0 Å². The van der Waals surface area contributed by atoms with Gasteiger partial charge in [-0.2, -0.15) is 36.6 Å². The van der Waals surface area contributed by atoms with Crippen molar-refractivity contribution >= 4 is 11.8 Å². The van der Waals surface area contributed by atoms with Gasteiger partial charge in [0.25, 0.3) is 0 Å². The summed E-state index contributed by atoms with van der Waals surface area (Å²) < 4.78 is 88.8. The molecule has 1 aromatic carbocycles. The SMILES string of the molecule is CC(C)(C)OC(=O)NCc1nc(CN(CC(F)(F)F)c2ccc(C#N)c(C(F)(F)F)c2)no1. The number of halogens is 6. The predicted octanol–water partition coefficient (Wildman–Crippen LogP) is 4.55. The molecule has 33 heavy (non-hydrogen) atoms. The zero-order valence-corrected chi connectivity index (χ0v) is 17.6. The molecule has 1 amide bonds. The number of nitrogens with one attached hydrogen (secondary N) is 1. The number of amides is 1. The van der Waals surface area contributed by atoms with E-state index >= 15 is 0 Å². The van der Waals surface area contributed by atoms with Crippen LogP contribution in [0.15, 0.2) is 22.7 Å². The van der Waals surface area contributed by atoms with Crippen molar-refractivity contribution in [3.8, 4) is 6.07 Å². The maximum atomic E-state index is 13.2. The van der Waals surface area contributed by atoms with Crippen molar-refractivity contribution in [2.24, 2.45) is 0 Å². The highest BCUT2D eigenvalue weighted by molar-refractivity contribution is 5.67. The summed E-state index contributed by atoms with van der Waals surface area (Å²) in [5.74, 6) is -0.420. The summed E-state index contributed by atoms with van der Waals surface area (Å²) in [5.41, 5.74) is -3.31. The molecule has 0 fully saturated rings. The van der Waals surface area contributed by atoms with Gasteiger partial charge in [-0.25, -0.2) is 4.79 Å². The van der Waals surface area contributed by atoms with Gasteiger partial charge in [-0.3, -0.25) is 0 Å². The molecule has 0 radical (unpaired) electrons. The van der Waals surface area contributed by atoms with Crippen molar-refractivity contribution < 1.29 is 40.4 Å². The van der Waals surface area contributed by atoms with E-state index in [9.17, 15) is 31.1 Å². The minimum Gasteiger partial charge on any atom is -0.444 e. The molecular weight excluding hydrogens is 460 g/mol. The van der Waals surface area contributed by atoms with Crippen LogP contribution in [0.25, 0.3) is 0 Å². The van der Waals surface area contributed by atoms with Crippen molar-refractivity contribution in [2.45, 2.75) is 51.8 Å². The van der Waals surface area contributed by atoms with Crippen molar-refractivity contribution in [3.63, 3.8) is 0 Å². The number of alkyl carbamates (subject to hydrolysis) is 1. The van der Waals surface area contributed by atoms with Crippen molar-refractivity contribution in [1.29, 1.82) is 5.26 Å². The topological polar surface area (TPSA) is 104 Å². The number of hydrogen-bond acceptors (Lipinski definition) is 7. The molecule has 0 bridgehead atoms. The lowest BCUT2D eigenvalue weighted by molar-refractivity contribution is -0.137. The van der Waals surface area contributed by atoms with E-state index in [-0.39, 0.29) is 18.3 Å². The molecular formula is C19H19F6N5O3. The highest BCUT2D eigenvalue weighted by Crippen LogP contribution is 2.35. The van der Waals surface area contributed by atoms with E-state index in [4.69, 9.17) is 14.5 Å². The Kier molecular flexibility index (Phi) is 7.46. The van der Waals surface area contributed by atoms with Gasteiger partial charge in [0.05, 0.1) is 23.7 Å². The number of alkyl halides is 6. The molecule has 14 heteroatoms. The Hall–Kier alpha value is -3.50. The second-order valence-electron chi connectivity index (χ2n) is 7.77. The van der Waals surface area contributed by atoms with Gasteiger partial charge in [0.15, 0.2) is 5.82 Å². The normalized spacial score (nSPS) is 12.2. The number of aromatic nitrogens is 2. The number of nitriles is 1. The van der Waals surface area contributed by atoms with E-state index in [0.29, 0.717) is 11.0 Å². The number of rotatable bonds is 6. The van der Waals surface area contributed by atoms with Crippen LogP contribution in [-0.4, -0.2) is 34.6 Å². The average molecular weight is 479 g/mol. The third-order valence-corrected chi connectivity index (χ3v) is 3.79. The molecule has 0 aliphatic carbocycles. The van der Waals surface area contributed by atoms with Crippen LogP contribution in [0.2, 0.25) is 0 Å². The Morgan fingerprint density at radius 1 is 1.21 bits per heavy atom. The summed E-state index contributed by atoms with van der Waals surface area (Å²) in [6, 6.07) is 3.56. The first-order valence-electron chi connectivity index (χ1n) is 9.29. The van der Waals surface area contributed by atoms with Crippen molar-refractivity contribution in [1.82, 2.24) is 15.5 Å². The Bertz CT molecular complexity index is 1020. The fourth-order valence-electron chi connectivity index (χ4n) is 2.57. The van der Waals surface area contributed by atoms with Crippen LogP contribution in [0.3, 0.4) is 0 Å². The summed E-state index contributed by atoms with van der Waals surface area (Å²) in [6.07, 6.45) is -10.5. The molecule has 0 spiro atoms. The maximum absolute atomic E-state index is 13.2. The van der Waals surface area contributed by atoms with Gasteiger partial charge in [0, 0.05) is 5.69 Å². The van der Waals surface area contributed by atoms with Gasteiger partial charge < -0.3 is 19.5 Å². The summed E-state index contributed by atoms with van der Waals surface area (Å²) in [5, 5.41) is 14.7. The lowest BCUT2D eigenvalue weighted by Gasteiger charge is -2.25. The molecule has 1 heterocycles. The third kappa shape index (κ3) is 8.17. The fourth-order valence-corrected chi connectivity index (χ4v) is 2.57. The van der Waals surface area contributed by atoms with Gasteiger partial charge in [-0.05, 0) is 39.0 Å². The van der Waals surface area contributed by atoms with Crippen LogP contribution in [0.4, 0.5) is 36.8 Å². The molecule has 0 unspecified atom stereocenters. The number of nitrogens with zero attached hydrogens (tertiary/aromatic N) is 4. The van der Waals surface area contributed by atoms with Crippen LogP contribution in [0.5, 0.6) is 0 Å². The minimum absolute atomic E-state index is 0.154. The van der Waals surface area contributed by atoms with Crippen LogP contribution >= 0.6 is 0 Å². The van der Waals surface area contributed by atoms with Crippen molar-refractivity contribution in [2.75, 3.05) is 11.4 Å². The first kappa shape index (κ1) is 25.8. The predicted molar refractivity (Wildman–Crippen MR) is 101 cm³/mol. The first-order chi connectivity index (χ1) is 15.1. The van der Waals surface area contributed by atoms with Gasteiger partial charge >= 0.3 is 18.4 Å². The molecule has 8 nitrogen and oxygen atoms in total. The molecule has 1 aromatic heterocycles. The van der Waals surface area contributed by atoms with E-state index in [1.807, 2.05) is 0 Å². The molecule has 0 saturated heterocycles. The largest absolute Gasteiger partial charge is 0.444 e. The summed E-state index contributed by atoms with van der Waals surface area (Å²) in [6.45, 7) is 2.37. The van der Waals surface area contributed by atoms with Gasteiger partial charge in [-0.1, -0.05) is 5.16 Å². The number of carbonyl (C=O) groups is 1. The zero-order valence-electron chi connectivity index (χ0n) is 17.6. The number of benzene rings is 1. The molecule has 1 N–H and O–H groups in total. The molecule has 2 rings (SSSR count). The number of carbonyl (C=O) groups excluding carboxylic acids is 1. The Morgan fingerprint density at radius 3 is 2.42 bits per heavy atom. The molecule has 0 atom stereocenters. The van der Waals surface area contributed by atoms with E-state index < -0.39 is 54.0 Å². The first-order valence-corrected chi connectivity index (χ1v) is 9.29. The lowest BCUT2D eigenvalue weighted by atomic mass is 10.1. The van der Waals surface area contributed by atoms with E-state index in [2.05, 4.69) is 15.5 Å². The molecule has 180 valence electrons. The monoisotopic (exact) mass is 479 g/mol. The van der Waals surface area contributed by atoms with Crippen LogP contribution in [-0.2, 0) is 24.0 Å². The minimum atomic E-state index is -4.95. The van der Waals surface area contributed by atoms with E-state index in [1.54, 1.807) is 20.8 Å². The van der Waals surface area contributed by atoms with Crippen LogP contribution < -0.4 is 10.2 Å². The Balaban J connectivity index is 2.23. The Labute approximate surface area is 184 Å². The fraction of sp³-hybridized carbons (Fsp3) is 0.474. The maximum Gasteiger partial charge on any atom is 0.417 e. The van der Waals surface area contributed by atoms with E-state index in [0.717, 1.165) is 12.1 Å². The molecule has 0 saturated carbocycles. The second kappa shape index (κ2) is 9.55. The van der Waals surface area contributed by atoms with Crippen molar-refractivity contribution in [3.05, 3.63) is 41.0 Å². The lowest BCUT2D eigenvalue weighted by Crippen LogP contribution is -2.34. The smallest absolute Gasteiger partial charge is 0.417 e. The van der Waals surface area contributed by atoms with Gasteiger partial charge in [0.2, 0.25) is 5.89 Å². The number of anilines is 1. The molecule has 0 aliphatic heterocycles. The standard InChI is InChI=1S/C19H19F6N5O3/c1-17(2,3)32-16(31)27-8-15-28-14(29-33-15)9-30(10-18(20,21)22)12-5-4-11(7-26)13(6-12)19(23,24)25/h4-6H,8-10H2,1-3H3,(H,27,31). The highest BCUT2D eigenvalue weighted by Gasteiger charge is 2.36. The average Bonchev–Trinajstić information content (AvgIpc) is 3.09. The molecule has 2 aromatic rings. The summed E-state index contributed by atoms with van der Waals surface area (Å²) in [4.78, 5) is 16.1.